The normalized spacial score (nSPS) is 11.3. The van der Waals surface area contributed by atoms with Crippen molar-refractivity contribution in [3.8, 4) is 16.3 Å². The van der Waals surface area contributed by atoms with E-state index in [2.05, 4.69) is 10.3 Å². The molecular weight excluding hydrogens is 456 g/mol. The summed E-state index contributed by atoms with van der Waals surface area (Å²) in [6, 6.07) is 17.7. The molecular formula is C24H16F4N2O2S. The molecule has 0 bridgehead atoms. The minimum absolute atomic E-state index is 0.0285. The molecule has 0 saturated carbocycles. The third-order valence-electron chi connectivity index (χ3n) is 4.64. The molecule has 1 N–H and O–H groups in total. The van der Waals surface area contributed by atoms with Gasteiger partial charge in [0.05, 0.1) is 5.56 Å². The average molecular weight is 472 g/mol. The van der Waals surface area contributed by atoms with Crippen LogP contribution in [0.25, 0.3) is 10.6 Å². The van der Waals surface area contributed by atoms with Crippen LogP contribution in [0.4, 0.5) is 23.2 Å². The number of nitrogens with zero attached hydrogens (tertiary/aromatic N) is 1. The van der Waals surface area contributed by atoms with E-state index in [1.807, 2.05) is 0 Å². The van der Waals surface area contributed by atoms with E-state index in [1.54, 1.807) is 42.5 Å². The Morgan fingerprint density at radius 2 is 1.76 bits per heavy atom. The van der Waals surface area contributed by atoms with Crippen molar-refractivity contribution in [1.82, 2.24) is 4.98 Å². The van der Waals surface area contributed by atoms with Gasteiger partial charge in [-0.2, -0.15) is 13.2 Å². The Hall–Kier alpha value is -3.72. The molecule has 1 heterocycles. The Balaban J connectivity index is 1.40. The number of hydrogen-bond donors (Lipinski definition) is 1. The molecule has 4 nitrogen and oxygen atoms in total. The van der Waals surface area contributed by atoms with E-state index in [0.29, 0.717) is 16.3 Å². The molecule has 0 unspecified atom stereocenters. The Labute approximate surface area is 190 Å². The van der Waals surface area contributed by atoms with Gasteiger partial charge < -0.3 is 10.1 Å². The molecule has 0 aliphatic rings. The van der Waals surface area contributed by atoms with Crippen molar-refractivity contribution in [2.24, 2.45) is 0 Å². The Kier molecular flexibility index (Phi) is 6.41. The van der Waals surface area contributed by atoms with Crippen LogP contribution >= 0.6 is 11.3 Å². The quantitative estimate of drug-likeness (QED) is 0.314. The third kappa shape index (κ3) is 5.56. The van der Waals surface area contributed by atoms with E-state index in [4.69, 9.17) is 4.74 Å². The van der Waals surface area contributed by atoms with Crippen molar-refractivity contribution in [1.29, 1.82) is 0 Å². The summed E-state index contributed by atoms with van der Waals surface area (Å²) >= 11 is 1.22. The topological polar surface area (TPSA) is 51.2 Å². The zero-order valence-electron chi connectivity index (χ0n) is 16.9. The highest BCUT2D eigenvalue weighted by Crippen LogP contribution is 2.31. The van der Waals surface area contributed by atoms with Gasteiger partial charge in [0.2, 0.25) is 0 Å². The molecule has 0 spiro atoms. The van der Waals surface area contributed by atoms with Crippen molar-refractivity contribution in [2.45, 2.75) is 12.8 Å². The summed E-state index contributed by atoms with van der Waals surface area (Å²) in [5, 5.41) is 4.52. The van der Waals surface area contributed by atoms with Crippen LogP contribution in [0.5, 0.6) is 5.75 Å². The number of aromatic nitrogens is 1. The largest absolute Gasteiger partial charge is 0.489 e. The molecule has 0 saturated heterocycles. The van der Waals surface area contributed by atoms with Crippen LogP contribution in [-0.4, -0.2) is 10.9 Å². The summed E-state index contributed by atoms with van der Waals surface area (Å²) in [7, 11) is 0. The second-order valence-electron chi connectivity index (χ2n) is 6.98. The maximum absolute atomic E-state index is 13.7. The van der Waals surface area contributed by atoms with Gasteiger partial charge in [0.25, 0.3) is 5.91 Å². The smallest absolute Gasteiger partial charge is 0.416 e. The Morgan fingerprint density at radius 1 is 1.00 bits per heavy atom. The number of halogens is 4. The fourth-order valence-electron chi connectivity index (χ4n) is 2.95. The van der Waals surface area contributed by atoms with Crippen LogP contribution in [0.3, 0.4) is 0 Å². The van der Waals surface area contributed by atoms with E-state index < -0.39 is 17.6 Å². The molecule has 33 heavy (non-hydrogen) atoms. The molecule has 9 heteroatoms. The lowest BCUT2D eigenvalue weighted by molar-refractivity contribution is -0.137. The minimum atomic E-state index is -4.50. The van der Waals surface area contributed by atoms with Gasteiger partial charge in [-0.15, -0.1) is 11.3 Å². The molecule has 0 fully saturated rings. The first-order valence-electron chi connectivity index (χ1n) is 9.70. The van der Waals surface area contributed by atoms with Gasteiger partial charge in [0, 0.05) is 22.2 Å². The van der Waals surface area contributed by atoms with Crippen LogP contribution < -0.4 is 10.1 Å². The molecule has 0 atom stereocenters. The number of amides is 1. The maximum Gasteiger partial charge on any atom is 0.416 e. The van der Waals surface area contributed by atoms with Crippen LogP contribution in [0.1, 0.15) is 21.6 Å². The molecule has 0 radical (unpaired) electrons. The van der Waals surface area contributed by atoms with Crippen molar-refractivity contribution in [3.63, 3.8) is 0 Å². The molecule has 0 aliphatic heterocycles. The Bertz CT molecular complexity index is 1270. The zero-order valence-corrected chi connectivity index (χ0v) is 17.7. The summed E-state index contributed by atoms with van der Waals surface area (Å²) in [6.07, 6.45) is -4.50. The number of hydrogen-bond acceptors (Lipinski definition) is 4. The number of thiazole rings is 1. The fraction of sp³-hybridized carbons (Fsp3) is 0.0833. The van der Waals surface area contributed by atoms with Crippen LogP contribution in [-0.2, 0) is 12.8 Å². The number of benzene rings is 3. The monoisotopic (exact) mass is 472 g/mol. The van der Waals surface area contributed by atoms with Crippen molar-refractivity contribution >= 4 is 22.9 Å². The lowest BCUT2D eigenvalue weighted by atomic mass is 10.2. The Morgan fingerprint density at radius 3 is 2.48 bits per heavy atom. The number of ether oxygens (including phenoxy) is 1. The predicted octanol–water partition coefficient (Wildman–Crippen LogP) is 6.80. The molecule has 1 aromatic heterocycles. The van der Waals surface area contributed by atoms with Crippen LogP contribution in [0.2, 0.25) is 0 Å². The summed E-state index contributed by atoms with van der Waals surface area (Å²) in [4.78, 5) is 16.7. The van der Waals surface area contributed by atoms with E-state index in [0.717, 1.165) is 17.7 Å². The summed E-state index contributed by atoms with van der Waals surface area (Å²) in [6.45, 7) is 0.0864. The maximum atomic E-state index is 13.7. The minimum Gasteiger partial charge on any atom is -0.489 e. The summed E-state index contributed by atoms with van der Waals surface area (Å²) in [5.74, 6) is -0.407. The van der Waals surface area contributed by atoms with Gasteiger partial charge in [0.15, 0.2) is 0 Å². The van der Waals surface area contributed by atoms with Crippen molar-refractivity contribution < 1.29 is 27.1 Å². The second-order valence-corrected chi connectivity index (χ2v) is 7.83. The SMILES string of the molecule is O=C(Nc1cccc(C(F)(F)F)c1)c1csc(-c2ccc(OCc3ccccc3F)cc2)n1. The second kappa shape index (κ2) is 9.41. The average Bonchev–Trinajstić information content (AvgIpc) is 3.29. The standard InChI is InChI=1S/C24H16F4N2O2S/c25-20-7-2-1-4-16(20)13-32-19-10-8-15(9-11-19)23-30-21(14-33-23)22(31)29-18-6-3-5-17(12-18)24(26,27)28/h1-12,14H,13H2,(H,29,31). The highest BCUT2D eigenvalue weighted by Gasteiger charge is 2.30. The van der Waals surface area contributed by atoms with Gasteiger partial charge in [-0.3, -0.25) is 4.79 Å². The highest BCUT2D eigenvalue weighted by atomic mass is 32.1. The number of alkyl halides is 3. The lowest BCUT2D eigenvalue weighted by Gasteiger charge is -2.09. The molecule has 1 amide bonds. The van der Waals surface area contributed by atoms with Gasteiger partial charge in [0.1, 0.15) is 28.9 Å². The third-order valence-corrected chi connectivity index (χ3v) is 5.53. The fourth-order valence-corrected chi connectivity index (χ4v) is 3.76. The van der Waals surface area contributed by atoms with Crippen molar-refractivity contribution in [3.05, 3.63) is 101 Å². The number of rotatable bonds is 6. The molecule has 4 aromatic rings. The number of carbonyl (C=O) groups excluding carboxylic acids is 1. The molecule has 3 aromatic carbocycles. The van der Waals surface area contributed by atoms with Crippen LogP contribution in [0.15, 0.2) is 78.2 Å². The highest BCUT2D eigenvalue weighted by molar-refractivity contribution is 7.13. The zero-order chi connectivity index (χ0) is 23.4. The number of carbonyl (C=O) groups is 1. The van der Waals surface area contributed by atoms with Gasteiger partial charge in [-0.05, 0) is 48.5 Å². The number of anilines is 1. The molecule has 4 rings (SSSR count). The van der Waals surface area contributed by atoms with Crippen molar-refractivity contribution in [2.75, 3.05) is 5.32 Å². The first kappa shape index (κ1) is 22.5. The summed E-state index contributed by atoms with van der Waals surface area (Å²) in [5.41, 5.74) is 0.443. The first-order chi connectivity index (χ1) is 15.8. The van der Waals surface area contributed by atoms with E-state index in [-0.39, 0.29) is 23.8 Å². The van der Waals surface area contributed by atoms with Crippen LogP contribution in [0, 0.1) is 5.82 Å². The van der Waals surface area contributed by atoms with Gasteiger partial charge in [-0.1, -0.05) is 24.3 Å². The molecule has 168 valence electrons. The van der Waals surface area contributed by atoms with Gasteiger partial charge in [-0.25, -0.2) is 9.37 Å². The van der Waals surface area contributed by atoms with E-state index >= 15 is 0 Å². The molecule has 0 aliphatic carbocycles. The number of nitrogens with one attached hydrogen (secondary N) is 1. The summed E-state index contributed by atoms with van der Waals surface area (Å²) < 4.78 is 57.8. The lowest BCUT2D eigenvalue weighted by Crippen LogP contribution is -2.13. The predicted molar refractivity (Wildman–Crippen MR) is 118 cm³/mol. The van der Waals surface area contributed by atoms with E-state index in [9.17, 15) is 22.4 Å². The van der Waals surface area contributed by atoms with E-state index in [1.165, 1.54) is 34.9 Å². The van der Waals surface area contributed by atoms with Gasteiger partial charge >= 0.3 is 6.18 Å². The first-order valence-corrected chi connectivity index (χ1v) is 10.6.